The molecule has 1 heterocycles. The Hall–Kier alpha value is -3.04. The van der Waals surface area contributed by atoms with Gasteiger partial charge in [0.2, 0.25) is 10.0 Å². The van der Waals surface area contributed by atoms with Gasteiger partial charge < -0.3 is 9.84 Å². The van der Waals surface area contributed by atoms with Gasteiger partial charge >= 0.3 is 0 Å². The zero-order chi connectivity index (χ0) is 21.7. The summed E-state index contributed by atoms with van der Waals surface area (Å²) in [4.78, 5) is 12.5. The highest BCUT2D eigenvalue weighted by atomic mass is 32.2. The second kappa shape index (κ2) is 9.19. The van der Waals surface area contributed by atoms with Crippen molar-refractivity contribution in [1.29, 1.82) is 0 Å². The Bertz CT molecular complexity index is 1110. The van der Waals surface area contributed by atoms with E-state index in [9.17, 15) is 17.6 Å². The Labute approximate surface area is 174 Å². The van der Waals surface area contributed by atoms with E-state index < -0.39 is 10.0 Å². The van der Waals surface area contributed by atoms with Crippen LogP contribution in [0.25, 0.3) is 11.3 Å². The molecule has 0 aliphatic carbocycles. The van der Waals surface area contributed by atoms with Gasteiger partial charge in [0, 0.05) is 30.3 Å². The van der Waals surface area contributed by atoms with Gasteiger partial charge in [-0.2, -0.15) is 4.31 Å². The summed E-state index contributed by atoms with van der Waals surface area (Å²) >= 11 is 0. The number of amides is 1. The van der Waals surface area contributed by atoms with Crippen LogP contribution in [0.2, 0.25) is 0 Å². The lowest BCUT2D eigenvalue weighted by Crippen LogP contribution is -2.30. The number of nitrogens with one attached hydrogen (secondary N) is 1. The topological polar surface area (TPSA) is 92.5 Å². The van der Waals surface area contributed by atoms with Gasteiger partial charge in [0.25, 0.3) is 5.91 Å². The average molecular weight is 431 g/mol. The summed E-state index contributed by atoms with van der Waals surface area (Å²) in [7, 11) is -3.57. The van der Waals surface area contributed by atoms with E-state index in [2.05, 4.69) is 10.5 Å². The molecule has 0 radical (unpaired) electrons. The van der Waals surface area contributed by atoms with Crippen LogP contribution in [0.3, 0.4) is 0 Å². The van der Waals surface area contributed by atoms with E-state index in [0.717, 1.165) is 0 Å². The minimum atomic E-state index is -3.57. The molecule has 0 bridgehead atoms. The molecule has 0 saturated heterocycles. The second-order valence-electron chi connectivity index (χ2n) is 6.49. The molecule has 0 atom stereocenters. The smallest absolute Gasteiger partial charge is 0.251 e. The van der Waals surface area contributed by atoms with Crippen LogP contribution in [0.4, 0.5) is 4.39 Å². The van der Waals surface area contributed by atoms with Crippen LogP contribution < -0.4 is 5.32 Å². The average Bonchev–Trinajstić information content (AvgIpc) is 3.22. The van der Waals surface area contributed by atoms with Gasteiger partial charge in [-0.05, 0) is 48.5 Å². The first-order chi connectivity index (χ1) is 14.3. The molecule has 7 nitrogen and oxygen atoms in total. The van der Waals surface area contributed by atoms with Crippen molar-refractivity contribution in [3.05, 3.63) is 71.7 Å². The number of aromatic nitrogens is 1. The lowest BCUT2D eigenvalue weighted by molar-refractivity contribution is 0.0950. The van der Waals surface area contributed by atoms with Crippen LogP contribution in [-0.4, -0.2) is 36.9 Å². The predicted molar refractivity (Wildman–Crippen MR) is 110 cm³/mol. The lowest BCUT2D eigenvalue weighted by Gasteiger charge is -2.18. The van der Waals surface area contributed by atoms with E-state index in [4.69, 9.17) is 4.52 Å². The SMILES string of the molecule is CCN(CC)S(=O)(=O)c1ccc(C(=O)NCc2cc(-c3ccc(F)cc3)on2)cc1. The molecular formula is C21H22FN3O4S. The quantitative estimate of drug-likeness (QED) is 0.590. The van der Waals surface area contributed by atoms with E-state index >= 15 is 0 Å². The van der Waals surface area contributed by atoms with E-state index in [1.54, 1.807) is 32.0 Å². The number of carbonyl (C=O) groups excluding carboxylic acids is 1. The Kier molecular flexibility index (Phi) is 6.63. The summed E-state index contributed by atoms with van der Waals surface area (Å²) in [6.45, 7) is 4.42. The number of hydrogen-bond acceptors (Lipinski definition) is 5. The summed E-state index contributed by atoms with van der Waals surface area (Å²) in [6, 6.07) is 13.2. The van der Waals surface area contributed by atoms with Crippen molar-refractivity contribution in [3.63, 3.8) is 0 Å². The number of hydrogen-bond donors (Lipinski definition) is 1. The molecule has 0 unspecified atom stereocenters. The monoisotopic (exact) mass is 431 g/mol. The van der Waals surface area contributed by atoms with Crippen molar-refractivity contribution in [1.82, 2.24) is 14.8 Å². The van der Waals surface area contributed by atoms with Gasteiger partial charge in [-0.1, -0.05) is 19.0 Å². The van der Waals surface area contributed by atoms with E-state index in [1.807, 2.05) is 0 Å². The van der Waals surface area contributed by atoms with Crippen molar-refractivity contribution in [2.24, 2.45) is 0 Å². The fraction of sp³-hybridized carbons (Fsp3) is 0.238. The van der Waals surface area contributed by atoms with Crippen LogP contribution in [0.15, 0.2) is 64.0 Å². The summed E-state index contributed by atoms with van der Waals surface area (Å²) < 4.78 is 44.6. The Morgan fingerprint density at radius 1 is 1.07 bits per heavy atom. The number of nitrogens with zero attached hydrogens (tertiary/aromatic N) is 2. The molecular weight excluding hydrogens is 409 g/mol. The molecule has 1 amide bonds. The molecule has 3 aromatic rings. The first kappa shape index (κ1) is 21.7. The third-order valence-corrected chi connectivity index (χ3v) is 6.64. The third kappa shape index (κ3) is 4.74. The van der Waals surface area contributed by atoms with Crippen molar-refractivity contribution >= 4 is 15.9 Å². The van der Waals surface area contributed by atoms with Crippen LogP contribution >= 0.6 is 0 Å². The largest absolute Gasteiger partial charge is 0.356 e. The van der Waals surface area contributed by atoms with Crippen LogP contribution in [-0.2, 0) is 16.6 Å². The molecule has 2 aromatic carbocycles. The van der Waals surface area contributed by atoms with Gasteiger partial charge in [0.1, 0.15) is 11.5 Å². The van der Waals surface area contributed by atoms with Crippen LogP contribution in [0, 0.1) is 5.82 Å². The minimum absolute atomic E-state index is 0.128. The fourth-order valence-electron chi connectivity index (χ4n) is 2.91. The fourth-order valence-corrected chi connectivity index (χ4v) is 4.37. The molecule has 0 spiro atoms. The minimum Gasteiger partial charge on any atom is -0.356 e. The summed E-state index contributed by atoms with van der Waals surface area (Å²) in [5.74, 6) is -0.250. The number of sulfonamides is 1. The van der Waals surface area contributed by atoms with Gasteiger partial charge in [0.05, 0.1) is 11.4 Å². The molecule has 9 heteroatoms. The summed E-state index contributed by atoms with van der Waals surface area (Å²) in [6.07, 6.45) is 0. The van der Waals surface area contributed by atoms with Crippen molar-refractivity contribution in [2.45, 2.75) is 25.3 Å². The maximum absolute atomic E-state index is 13.0. The highest BCUT2D eigenvalue weighted by Gasteiger charge is 2.21. The second-order valence-corrected chi connectivity index (χ2v) is 8.42. The highest BCUT2D eigenvalue weighted by Crippen LogP contribution is 2.21. The maximum atomic E-state index is 13.0. The van der Waals surface area contributed by atoms with Gasteiger partial charge in [0.15, 0.2) is 5.76 Å². The number of rotatable bonds is 8. The molecule has 30 heavy (non-hydrogen) atoms. The van der Waals surface area contributed by atoms with Gasteiger partial charge in [-0.25, -0.2) is 12.8 Å². The zero-order valence-electron chi connectivity index (χ0n) is 16.6. The van der Waals surface area contributed by atoms with E-state index in [-0.39, 0.29) is 23.2 Å². The molecule has 0 aliphatic heterocycles. The summed E-state index contributed by atoms with van der Waals surface area (Å²) in [5, 5.41) is 6.61. The third-order valence-electron chi connectivity index (χ3n) is 4.58. The number of halogens is 1. The molecule has 0 fully saturated rings. The first-order valence-corrected chi connectivity index (χ1v) is 10.9. The Morgan fingerprint density at radius 2 is 1.70 bits per heavy atom. The van der Waals surface area contributed by atoms with Crippen LogP contribution in [0.1, 0.15) is 29.9 Å². The number of carbonyl (C=O) groups is 1. The molecule has 0 saturated carbocycles. The Balaban J connectivity index is 1.64. The summed E-state index contributed by atoms with van der Waals surface area (Å²) in [5.41, 5.74) is 1.51. The maximum Gasteiger partial charge on any atom is 0.251 e. The lowest BCUT2D eigenvalue weighted by atomic mass is 10.1. The molecule has 0 aliphatic rings. The zero-order valence-corrected chi connectivity index (χ0v) is 17.4. The van der Waals surface area contributed by atoms with Gasteiger partial charge in [-0.15, -0.1) is 0 Å². The highest BCUT2D eigenvalue weighted by molar-refractivity contribution is 7.89. The van der Waals surface area contributed by atoms with Crippen molar-refractivity contribution in [3.8, 4) is 11.3 Å². The van der Waals surface area contributed by atoms with Crippen molar-refractivity contribution in [2.75, 3.05) is 13.1 Å². The predicted octanol–water partition coefficient (Wildman–Crippen LogP) is 3.44. The van der Waals surface area contributed by atoms with E-state index in [0.29, 0.717) is 35.7 Å². The first-order valence-electron chi connectivity index (χ1n) is 9.45. The standard InChI is InChI=1S/C21H22FN3O4S/c1-3-25(4-2)30(27,28)19-11-7-16(8-12-19)21(26)23-14-18-13-20(29-24-18)15-5-9-17(22)10-6-15/h5-13H,3-4,14H2,1-2H3,(H,23,26). The van der Waals surface area contributed by atoms with Gasteiger partial charge in [-0.3, -0.25) is 4.79 Å². The van der Waals surface area contributed by atoms with Crippen LogP contribution in [0.5, 0.6) is 0 Å². The molecule has 158 valence electrons. The molecule has 1 N–H and O–H groups in total. The number of benzene rings is 2. The normalized spacial score (nSPS) is 11.6. The molecule has 3 rings (SSSR count). The Morgan fingerprint density at radius 3 is 2.30 bits per heavy atom. The van der Waals surface area contributed by atoms with E-state index in [1.165, 1.54) is 40.7 Å². The molecule has 1 aromatic heterocycles. The van der Waals surface area contributed by atoms with Crippen molar-refractivity contribution < 1.29 is 22.1 Å².